The van der Waals surface area contributed by atoms with Gasteiger partial charge in [-0.15, -0.1) is 0 Å². The topological polar surface area (TPSA) is 76.5 Å². The first-order chi connectivity index (χ1) is 13.6. The number of H-pyrrole nitrogens is 1. The zero-order valence-electron chi connectivity index (χ0n) is 15.6. The number of carbonyl (C=O) groups is 1. The Morgan fingerprint density at radius 1 is 1.04 bits per heavy atom. The zero-order valence-corrected chi connectivity index (χ0v) is 15.6. The molecule has 0 spiro atoms. The fourth-order valence-corrected chi connectivity index (χ4v) is 3.20. The number of hydrogen-bond acceptors (Lipinski definition) is 4. The Balaban J connectivity index is 1.77. The minimum Gasteiger partial charge on any atom is -0.461 e. The van der Waals surface area contributed by atoms with Crippen molar-refractivity contribution < 1.29 is 9.53 Å². The summed E-state index contributed by atoms with van der Waals surface area (Å²) in [5.74, 6) is -0.600. The molecule has 1 N–H and O–H groups in total. The number of nitrogens with one attached hydrogen (secondary N) is 1. The highest BCUT2D eigenvalue weighted by Crippen LogP contribution is 2.27. The molecule has 0 bridgehead atoms. The van der Waals surface area contributed by atoms with Crippen molar-refractivity contribution in [1.29, 1.82) is 0 Å². The Morgan fingerprint density at radius 3 is 2.36 bits per heavy atom. The third kappa shape index (κ3) is 3.09. The summed E-state index contributed by atoms with van der Waals surface area (Å²) in [6.07, 6.45) is 0. The summed E-state index contributed by atoms with van der Waals surface area (Å²) in [5, 5.41) is 3.10. The summed E-state index contributed by atoms with van der Waals surface area (Å²) in [5.41, 5.74) is 4.82. The first-order valence-electron chi connectivity index (χ1n) is 9.04. The van der Waals surface area contributed by atoms with Crippen LogP contribution in [0, 0.1) is 6.92 Å². The van der Waals surface area contributed by atoms with E-state index in [0.717, 1.165) is 27.9 Å². The van der Waals surface area contributed by atoms with Crippen molar-refractivity contribution in [2.75, 3.05) is 6.61 Å². The summed E-state index contributed by atoms with van der Waals surface area (Å²) >= 11 is 0. The molecule has 0 radical (unpaired) electrons. The monoisotopic (exact) mass is 373 g/mol. The molecule has 0 atom stereocenters. The van der Waals surface area contributed by atoms with Gasteiger partial charge in [-0.25, -0.2) is 14.3 Å². The van der Waals surface area contributed by atoms with Gasteiger partial charge >= 0.3 is 5.97 Å². The van der Waals surface area contributed by atoms with E-state index in [4.69, 9.17) is 4.74 Å². The zero-order chi connectivity index (χ0) is 19.7. The van der Waals surface area contributed by atoms with Crippen LogP contribution in [0.5, 0.6) is 0 Å². The number of fused-ring (bicyclic) bond motifs is 1. The maximum atomic E-state index is 12.4. The number of esters is 1. The molecule has 4 rings (SSSR count). The van der Waals surface area contributed by atoms with Crippen molar-refractivity contribution in [1.82, 2.24) is 14.6 Å². The Kier molecular flexibility index (Phi) is 4.53. The molecule has 4 aromatic rings. The quantitative estimate of drug-likeness (QED) is 0.552. The molecule has 0 saturated carbocycles. The lowest BCUT2D eigenvalue weighted by Crippen LogP contribution is -2.19. The molecule has 0 aliphatic heterocycles. The Morgan fingerprint density at radius 2 is 1.68 bits per heavy atom. The van der Waals surface area contributed by atoms with Crippen LogP contribution in [0.1, 0.15) is 23.0 Å². The van der Waals surface area contributed by atoms with Crippen LogP contribution in [-0.4, -0.2) is 27.2 Å². The van der Waals surface area contributed by atoms with Gasteiger partial charge in [0.05, 0.1) is 12.3 Å². The number of ether oxygens (including phenoxy) is 1. The number of aromatic nitrogens is 3. The minimum atomic E-state index is -0.600. The molecular weight excluding hydrogens is 354 g/mol. The van der Waals surface area contributed by atoms with Crippen molar-refractivity contribution in [3.05, 3.63) is 82.3 Å². The molecular formula is C22H19N3O3. The lowest BCUT2D eigenvalue weighted by atomic mass is 10.0. The van der Waals surface area contributed by atoms with Gasteiger partial charge in [0.1, 0.15) is 0 Å². The highest BCUT2D eigenvalue weighted by Gasteiger charge is 2.17. The molecule has 0 aliphatic carbocycles. The van der Waals surface area contributed by atoms with Gasteiger partial charge in [0.25, 0.3) is 5.56 Å². The van der Waals surface area contributed by atoms with Gasteiger partial charge in [-0.2, -0.15) is 0 Å². The first kappa shape index (κ1) is 17.7. The van der Waals surface area contributed by atoms with E-state index in [0.29, 0.717) is 5.65 Å². The maximum absolute atomic E-state index is 12.4. The number of hydrogen-bond donors (Lipinski definition) is 1. The van der Waals surface area contributed by atoms with Crippen molar-refractivity contribution >= 4 is 11.6 Å². The van der Waals surface area contributed by atoms with Gasteiger partial charge in [0.2, 0.25) is 0 Å². The number of nitrogens with zero attached hydrogens (tertiary/aromatic N) is 2. The molecule has 2 aromatic carbocycles. The second-order valence-corrected chi connectivity index (χ2v) is 6.41. The summed E-state index contributed by atoms with van der Waals surface area (Å²) < 4.78 is 6.30. The van der Waals surface area contributed by atoms with Crippen LogP contribution < -0.4 is 5.56 Å². The standard InChI is InChI=1S/C22H19N3O3/c1-3-28-22(27)18-13-19(26)25-21(23-18)14(2)20(24-25)17-11-9-16(10-12-17)15-7-5-4-6-8-15/h4-13,24H,3H2,1-2H3. The number of benzene rings is 2. The highest BCUT2D eigenvalue weighted by atomic mass is 16.5. The molecule has 140 valence electrons. The van der Waals surface area contributed by atoms with Crippen molar-refractivity contribution in [3.8, 4) is 22.4 Å². The van der Waals surface area contributed by atoms with E-state index >= 15 is 0 Å². The lowest BCUT2D eigenvalue weighted by Gasteiger charge is -2.04. The van der Waals surface area contributed by atoms with Gasteiger partial charge in [0, 0.05) is 11.6 Å². The van der Waals surface area contributed by atoms with Crippen LogP contribution in [0.3, 0.4) is 0 Å². The number of aryl methyl sites for hydroxylation is 1. The summed E-state index contributed by atoms with van der Waals surface area (Å²) in [4.78, 5) is 28.7. The van der Waals surface area contributed by atoms with Gasteiger partial charge < -0.3 is 4.74 Å². The smallest absolute Gasteiger partial charge is 0.357 e. The predicted octanol–water partition coefficient (Wildman–Crippen LogP) is 3.84. The SMILES string of the molecule is CCOC(=O)c1cc(=O)n2[nH]c(-c3ccc(-c4ccccc4)cc3)c(C)c2n1. The third-order valence-electron chi connectivity index (χ3n) is 4.62. The largest absolute Gasteiger partial charge is 0.461 e. The number of carbonyl (C=O) groups excluding carboxylic acids is 1. The summed E-state index contributed by atoms with van der Waals surface area (Å²) in [7, 11) is 0. The summed E-state index contributed by atoms with van der Waals surface area (Å²) in [6.45, 7) is 3.81. The molecule has 2 heterocycles. The second-order valence-electron chi connectivity index (χ2n) is 6.41. The average Bonchev–Trinajstić information content (AvgIpc) is 3.06. The fourth-order valence-electron chi connectivity index (χ4n) is 3.20. The van der Waals surface area contributed by atoms with Crippen LogP contribution in [-0.2, 0) is 4.74 Å². The van der Waals surface area contributed by atoms with Crippen molar-refractivity contribution in [2.45, 2.75) is 13.8 Å². The van der Waals surface area contributed by atoms with E-state index in [-0.39, 0.29) is 17.9 Å². The molecule has 2 aromatic heterocycles. The molecule has 6 heteroatoms. The van der Waals surface area contributed by atoms with Crippen LogP contribution in [0.15, 0.2) is 65.5 Å². The van der Waals surface area contributed by atoms with Gasteiger partial charge in [0.15, 0.2) is 11.3 Å². The molecule has 28 heavy (non-hydrogen) atoms. The van der Waals surface area contributed by atoms with E-state index in [1.54, 1.807) is 6.92 Å². The molecule has 0 unspecified atom stereocenters. The van der Waals surface area contributed by atoms with Crippen LogP contribution >= 0.6 is 0 Å². The van der Waals surface area contributed by atoms with Crippen molar-refractivity contribution in [2.24, 2.45) is 0 Å². The average molecular weight is 373 g/mol. The predicted molar refractivity (Wildman–Crippen MR) is 107 cm³/mol. The molecule has 0 saturated heterocycles. The van der Waals surface area contributed by atoms with Crippen molar-refractivity contribution in [3.63, 3.8) is 0 Å². The Bertz CT molecular complexity index is 1210. The van der Waals surface area contributed by atoms with Gasteiger partial charge in [-0.1, -0.05) is 54.6 Å². The van der Waals surface area contributed by atoms with E-state index in [1.807, 2.05) is 49.4 Å². The van der Waals surface area contributed by atoms with Crippen LogP contribution in [0.4, 0.5) is 0 Å². The first-order valence-corrected chi connectivity index (χ1v) is 9.04. The molecule has 6 nitrogen and oxygen atoms in total. The minimum absolute atomic E-state index is 0.0138. The molecule has 0 fully saturated rings. The van der Waals surface area contributed by atoms with Gasteiger partial charge in [-0.05, 0) is 30.5 Å². The van der Waals surface area contributed by atoms with E-state index < -0.39 is 5.97 Å². The molecule has 0 amide bonds. The normalized spacial score (nSPS) is 10.9. The van der Waals surface area contributed by atoms with Crippen LogP contribution in [0.25, 0.3) is 28.0 Å². The molecule has 0 aliphatic rings. The lowest BCUT2D eigenvalue weighted by molar-refractivity contribution is 0.0519. The number of rotatable bonds is 4. The fraction of sp³-hybridized carbons (Fsp3) is 0.136. The number of aromatic amines is 1. The van der Waals surface area contributed by atoms with E-state index in [2.05, 4.69) is 22.2 Å². The van der Waals surface area contributed by atoms with E-state index in [9.17, 15) is 9.59 Å². The second kappa shape index (κ2) is 7.15. The van der Waals surface area contributed by atoms with E-state index in [1.165, 1.54) is 10.6 Å². The Hall–Kier alpha value is -3.67. The maximum Gasteiger partial charge on any atom is 0.357 e. The highest BCUT2D eigenvalue weighted by molar-refractivity contribution is 5.88. The summed E-state index contributed by atoms with van der Waals surface area (Å²) in [6, 6.07) is 19.4. The third-order valence-corrected chi connectivity index (χ3v) is 4.62. The Labute approximate surface area is 161 Å². The van der Waals surface area contributed by atoms with Crippen LogP contribution in [0.2, 0.25) is 0 Å². The van der Waals surface area contributed by atoms with Gasteiger partial charge in [-0.3, -0.25) is 9.89 Å².